The Labute approximate surface area is 118 Å². The predicted octanol–water partition coefficient (Wildman–Crippen LogP) is -1.12. The maximum absolute atomic E-state index is 12.0. The van der Waals surface area contributed by atoms with E-state index in [1.54, 1.807) is 16.7 Å². The van der Waals surface area contributed by atoms with Gasteiger partial charge in [0.15, 0.2) is 0 Å². The van der Waals surface area contributed by atoms with E-state index >= 15 is 0 Å². The average Bonchev–Trinajstić information content (AvgIpc) is 2.44. The van der Waals surface area contributed by atoms with Gasteiger partial charge in [0, 0.05) is 32.6 Å². The SMILES string of the molecule is CCOC(=O)N1CCN(C(=O)[C@@H](N)CCC(N)=O)CC1. The first-order valence-electron chi connectivity index (χ1n) is 6.70. The van der Waals surface area contributed by atoms with Gasteiger partial charge >= 0.3 is 6.09 Å². The summed E-state index contributed by atoms with van der Waals surface area (Å²) in [6.07, 6.45) is -0.0280. The van der Waals surface area contributed by atoms with Crippen molar-refractivity contribution < 1.29 is 19.1 Å². The largest absolute Gasteiger partial charge is 0.450 e. The van der Waals surface area contributed by atoms with Crippen LogP contribution in [0.15, 0.2) is 0 Å². The highest BCUT2D eigenvalue weighted by Crippen LogP contribution is 2.07. The predicted molar refractivity (Wildman–Crippen MR) is 71.6 cm³/mol. The molecule has 1 atom stereocenters. The molecule has 1 rings (SSSR count). The lowest BCUT2D eigenvalue weighted by Crippen LogP contribution is -2.54. The molecule has 4 N–H and O–H groups in total. The van der Waals surface area contributed by atoms with Gasteiger partial charge in [0.2, 0.25) is 11.8 Å². The van der Waals surface area contributed by atoms with Crippen molar-refractivity contribution in [2.45, 2.75) is 25.8 Å². The minimum atomic E-state index is -0.725. The number of carbonyl (C=O) groups is 3. The number of amides is 3. The minimum Gasteiger partial charge on any atom is -0.450 e. The number of carbonyl (C=O) groups excluding carboxylic acids is 3. The van der Waals surface area contributed by atoms with Crippen molar-refractivity contribution in [2.75, 3.05) is 32.8 Å². The highest BCUT2D eigenvalue weighted by atomic mass is 16.6. The van der Waals surface area contributed by atoms with Crippen LogP contribution in [0.1, 0.15) is 19.8 Å². The molecular formula is C12H22N4O4. The number of primary amides is 1. The summed E-state index contributed by atoms with van der Waals surface area (Å²) < 4.78 is 4.90. The van der Waals surface area contributed by atoms with Crippen molar-refractivity contribution in [1.29, 1.82) is 0 Å². The summed E-state index contributed by atoms with van der Waals surface area (Å²) in [6, 6.07) is -0.725. The summed E-state index contributed by atoms with van der Waals surface area (Å²) in [5, 5.41) is 0. The van der Waals surface area contributed by atoms with Crippen LogP contribution in [0.25, 0.3) is 0 Å². The van der Waals surface area contributed by atoms with Gasteiger partial charge < -0.3 is 26.0 Å². The Bertz CT molecular complexity index is 366. The first-order chi connectivity index (χ1) is 9.45. The van der Waals surface area contributed by atoms with Crippen LogP contribution in [0.2, 0.25) is 0 Å². The normalized spacial score (nSPS) is 16.7. The van der Waals surface area contributed by atoms with E-state index in [1.807, 2.05) is 0 Å². The lowest BCUT2D eigenvalue weighted by atomic mass is 10.1. The maximum atomic E-state index is 12.0. The Morgan fingerprint density at radius 2 is 1.70 bits per heavy atom. The van der Waals surface area contributed by atoms with Gasteiger partial charge in [-0.15, -0.1) is 0 Å². The molecule has 114 valence electrons. The second-order valence-corrected chi connectivity index (χ2v) is 4.62. The summed E-state index contributed by atoms with van der Waals surface area (Å²) in [5.41, 5.74) is 10.8. The Morgan fingerprint density at radius 3 is 2.20 bits per heavy atom. The summed E-state index contributed by atoms with van der Waals surface area (Å²) in [7, 11) is 0. The van der Waals surface area contributed by atoms with Crippen LogP contribution in [0.3, 0.4) is 0 Å². The van der Waals surface area contributed by atoms with Gasteiger partial charge in [0.1, 0.15) is 0 Å². The first kappa shape index (κ1) is 16.2. The molecule has 1 heterocycles. The molecule has 20 heavy (non-hydrogen) atoms. The zero-order chi connectivity index (χ0) is 15.1. The molecule has 1 aliphatic rings. The van der Waals surface area contributed by atoms with Crippen LogP contribution in [-0.2, 0) is 14.3 Å². The highest BCUT2D eigenvalue weighted by Gasteiger charge is 2.27. The molecule has 0 aromatic rings. The van der Waals surface area contributed by atoms with E-state index in [0.717, 1.165) is 0 Å². The Kier molecular flexibility index (Phi) is 6.23. The third-order valence-corrected chi connectivity index (χ3v) is 3.14. The summed E-state index contributed by atoms with van der Waals surface area (Å²) >= 11 is 0. The molecule has 0 radical (unpaired) electrons. The zero-order valence-electron chi connectivity index (χ0n) is 11.7. The number of hydrogen-bond acceptors (Lipinski definition) is 5. The van der Waals surface area contributed by atoms with Crippen molar-refractivity contribution in [1.82, 2.24) is 9.80 Å². The fourth-order valence-corrected chi connectivity index (χ4v) is 1.98. The number of hydrogen-bond donors (Lipinski definition) is 2. The topological polar surface area (TPSA) is 119 Å². The molecule has 0 unspecified atom stereocenters. The molecule has 1 aliphatic heterocycles. The van der Waals surface area contributed by atoms with Gasteiger partial charge in [-0.1, -0.05) is 0 Å². The second-order valence-electron chi connectivity index (χ2n) is 4.62. The Morgan fingerprint density at radius 1 is 1.15 bits per heavy atom. The molecule has 1 saturated heterocycles. The van der Waals surface area contributed by atoms with Crippen molar-refractivity contribution in [3.8, 4) is 0 Å². The molecule has 0 spiro atoms. The number of piperazine rings is 1. The zero-order valence-corrected chi connectivity index (χ0v) is 11.7. The van der Waals surface area contributed by atoms with E-state index < -0.39 is 11.9 Å². The number of ether oxygens (including phenoxy) is 1. The highest BCUT2D eigenvalue weighted by molar-refractivity contribution is 5.83. The summed E-state index contributed by atoms with van der Waals surface area (Å²) in [5.74, 6) is -0.685. The van der Waals surface area contributed by atoms with Crippen molar-refractivity contribution in [2.24, 2.45) is 11.5 Å². The average molecular weight is 286 g/mol. The van der Waals surface area contributed by atoms with Crippen LogP contribution in [0.4, 0.5) is 4.79 Å². The molecule has 0 aromatic carbocycles. The van der Waals surface area contributed by atoms with E-state index in [2.05, 4.69) is 0 Å². The van der Waals surface area contributed by atoms with Crippen LogP contribution < -0.4 is 11.5 Å². The van der Waals surface area contributed by atoms with Crippen LogP contribution in [0.5, 0.6) is 0 Å². The first-order valence-corrected chi connectivity index (χ1v) is 6.70. The fourth-order valence-electron chi connectivity index (χ4n) is 1.98. The Hall–Kier alpha value is -1.83. The number of rotatable bonds is 5. The molecule has 3 amide bonds. The van der Waals surface area contributed by atoms with E-state index in [-0.39, 0.29) is 24.8 Å². The summed E-state index contributed by atoms with van der Waals surface area (Å²) in [4.78, 5) is 37.4. The van der Waals surface area contributed by atoms with Crippen LogP contribution in [-0.4, -0.2) is 66.5 Å². The molecule has 0 saturated carbocycles. The lowest BCUT2D eigenvalue weighted by Gasteiger charge is -2.35. The van der Waals surface area contributed by atoms with E-state index in [1.165, 1.54) is 0 Å². The van der Waals surface area contributed by atoms with Gasteiger partial charge in [0.25, 0.3) is 0 Å². The second kappa shape index (κ2) is 7.68. The fraction of sp³-hybridized carbons (Fsp3) is 0.750. The molecular weight excluding hydrogens is 264 g/mol. The molecule has 8 heteroatoms. The number of nitrogens with zero attached hydrogens (tertiary/aromatic N) is 2. The van der Waals surface area contributed by atoms with Crippen molar-refractivity contribution in [3.05, 3.63) is 0 Å². The lowest BCUT2D eigenvalue weighted by molar-refractivity contribution is -0.134. The Balaban J connectivity index is 2.38. The van der Waals surface area contributed by atoms with E-state index in [9.17, 15) is 14.4 Å². The van der Waals surface area contributed by atoms with E-state index in [0.29, 0.717) is 32.8 Å². The van der Waals surface area contributed by atoms with E-state index in [4.69, 9.17) is 16.2 Å². The molecule has 0 aliphatic carbocycles. The summed E-state index contributed by atoms with van der Waals surface area (Å²) in [6.45, 7) is 3.76. The van der Waals surface area contributed by atoms with Crippen molar-refractivity contribution in [3.63, 3.8) is 0 Å². The maximum Gasteiger partial charge on any atom is 0.409 e. The standard InChI is InChI=1S/C12H22N4O4/c1-2-20-12(19)16-7-5-15(6-8-16)11(18)9(13)3-4-10(14)17/h9H,2-8,13H2,1H3,(H2,14,17)/t9-/m0/s1. The minimum absolute atomic E-state index is 0.0930. The molecule has 0 bridgehead atoms. The molecule has 0 aromatic heterocycles. The monoisotopic (exact) mass is 286 g/mol. The third kappa shape index (κ3) is 4.69. The van der Waals surface area contributed by atoms with Gasteiger partial charge in [-0.3, -0.25) is 9.59 Å². The smallest absolute Gasteiger partial charge is 0.409 e. The quantitative estimate of drug-likeness (QED) is 0.663. The van der Waals surface area contributed by atoms with Gasteiger partial charge in [0.05, 0.1) is 12.6 Å². The van der Waals surface area contributed by atoms with Gasteiger partial charge in [-0.2, -0.15) is 0 Å². The van der Waals surface area contributed by atoms with Gasteiger partial charge in [-0.05, 0) is 13.3 Å². The third-order valence-electron chi connectivity index (χ3n) is 3.14. The number of nitrogens with two attached hydrogens (primary N) is 2. The van der Waals surface area contributed by atoms with Gasteiger partial charge in [-0.25, -0.2) is 4.79 Å². The molecule has 1 fully saturated rings. The molecule has 8 nitrogen and oxygen atoms in total. The van der Waals surface area contributed by atoms with Crippen molar-refractivity contribution >= 4 is 17.9 Å². The van der Waals surface area contributed by atoms with Crippen LogP contribution >= 0.6 is 0 Å². The van der Waals surface area contributed by atoms with Crippen LogP contribution in [0, 0.1) is 0 Å².